The van der Waals surface area contributed by atoms with Crippen molar-refractivity contribution in [3.63, 3.8) is 0 Å². The van der Waals surface area contributed by atoms with Crippen molar-refractivity contribution in [2.45, 2.75) is 77.8 Å². The fourth-order valence-corrected chi connectivity index (χ4v) is 5.34. The molecule has 2 aromatic rings. The van der Waals surface area contributed by atoms with Crippen LogP contribution in [-0.4, -0.2) is 58.9 Å². The summed E-state index contributed by atoms with van der Waals surface area (Å²) in [4.78, 5) is 1.69. The second-order valence-corrected chi connectivity index (χ2v) is 11.9. The van der Waals surface area contributed by atoms with Gasteiger partial charge in [0.05, 0.1) is 24.0 Å². The molecule has 0 aromatic heterocycles. The second-order valence-electron chi connectivity index (χ2n) is 10.7. The number of ether oxygens (including phenoxy) is 1. The zero-order valence-corrected chi connectivity index (χ0v) is 26.1. The minimum atomic E-state index is -2.87. The summed E-state index contributed by atoms with van der Waals surface area (Å²) in [5.74, 6) is -1.92. The molecule has 0 amide bonds. The number of hydroxylamine groups is 1. The molecule has 10 heteroatoms. The summed E-state index contributed by atoms with van der Waals surface area (Å²) in [5, 5.41) is 19.7. The number of nitrogens with zero attached hydrogens (tertiary/aromatic N) is 3. The van der Waals surface area contributed by atoms with E-state index in [9.17, 15) is 19.2 Å². The van der Waals surface area contributed by atoms with Crippen LogP contribution in [0.4, 0.5) is 8.78 Å². The summed E-state index contributed by atoms with van der Waals surface area (Å²) in [6.07, 6.45) is 1.34. The molecule has 0 bridgehead atoms. The average Bonchev–Trinajstić information content (AvgIpc) is 2.87. The number of halogens is 3. The van der Waals surface area contributed by atoms with Gasteiger partial charge in [-0.05, 0) is 34.7 Å². The Kier molecular flexibility index (Phi) is 12.7. The second kappa shape index (κ2) is 14.8. The number of hydrogen-bond acceptors (Lipinski definition) is 6. The molecule has 6 nitrogen and oxygen atoms in total. The topological polar surface area (TPSA) is 68.5 Å². The van der Waals surface area contributed by atoms with E-state index in [0.717, 1.165) is 35.1 Å². The molecule has 1 heterocycles. The third-order valence-corrected chi connectivity index (χ3v) is 7.11. The van der Waals surface area contributed by atoms with E-state index in [1.165, 1.54) is 7.05 Å². The first-order valence-electron chi connectivity index (χ1n) is 13.8. The monoisotopic (exact) mass is 597 g/mol. The first-order valence-corrected chi connectivity index (χ1v) is 14.8. The van der Waals surface area contributed by atoms with Gasteiger partial charge in [-0.25, -0.2) is 8.78 Å². The normalized spacial score (nSPS) is 18.7. The van der Waals surface area contributed by atoms with E-state index in [4.69, 9.17) is 16.3 Å². The maximum absolute atomic E-state index is 14.4. The van der Waals surface area contributed by atoms with Gasteiger partial charge in [0.2, 0.25) is 0 Å². The number of thiol groups is 1. The summed E-state index contributed by atoms with van der Waals surface area (Å²) >= 11 is 9.77. The summed E-state index contributed by atoms with van der Waals surface area (Å²) in [6.45, 7) is 11.0. The smallest absolute Gasteiger partial charge is 0.262 e. The summed E-state index contributed by atoms with van der Waals surface area (Å²) in [6, 6.07) is 13.6. The van der Waals surface area contributed by atoms with E-state index in [0.29, 0.717) is 36.9 Å². The number of benzene rings is 2. The fourth-order valence-electron chi connectivity index (χ4n) is 5.10. The van der Waals surface area contributed by atoms with Crippen LogP contribution in [-0.2, 0) is 18.4 Å². The third-order valence-electron chi connectivity index (χ3n) is 6.84. The van der Waals surface area contributed by atoms with Crippen LogP contribution in [0.1, 0.15) is 75.3 Å². The Morgan fingerprint density at radius 3 is 2.45 bits per heavy atom. The van der Waals surface area contributed by atoms with Crippen molar-refractivity contribution in [3.05, 3.63) is 64.2 Å². The zero-order valence-electron chi connectivity index (χ0n) is 24.5. The molecular formula is C30H44ClF2N4O2S+. The summed E-state index contributed by atoms with van der Waals surface area (Å²) in [5.41, 5.74) is 6.77. The van der Waals surface area contributed by atoms with Crippen LogP contribution in [0.15, 0.2) is 36.4 Å². The summed E-state index contributed by atoms with van der Waals surface area (Å²) < 4.78 is 33.8. The molecule has 1 saturated heterocycles. The minimum Gasteiger partial charge on any atom is -0.491 e. The Labute approximate surface area is 248 Å². The van der Waals surface area contributed by atoms with Gasteiger partial charge in [0.15, 0.2) is 0 Å². The van der Waals surface area contributed by atoms with Crippen LogP contribution in [0, 0.1) is 11.3 Å². The van der Waals surface area contributed by atoms with Crippen molar-refractivity contribution in [2.75, 3.05) is 32.6 Å². The van der Waals surface area contributed by atoms with Crippen molar-refractivity contribution in [1.29, 1.82) is 5.26 Å². The van der Waals surface area contributed by atoms with Crippen molar-refractivity contribution in [1.82, 2.24) is 10.3 Å². The molecule has 0 radical (unpaired) electrons. The average molecular weight is 598 g/mol. The largest absolute Gasteiger partial charge is 0.491 e. The number of hydrogen-bond donors (Lipinski definition) is 3. The lowest BCUT2D eigenvalue weighted by Crippen LogP contribution is -2.59. The Morgan fingerprint density at radius 1 is 1.25 bits per heavy atom. The summed E-state index contributed by atoms with van der Waals surface area (Å²) in [7, 11) is 1.37. The Balaban J connectivity index is 0.00000274. The molecule has 0 spiro atoms. The zero-order chi connectivity index (χ0) is 30.1. The first kappa shape index (κ1) is 34.3. The highest BCUT2D eigenvalue weighted by Crippen LogP contribution is 2.37. The SMILES string of the molecule is CC.CCCc1cc(C(C)(C)c2ccc(CN3CC(N[N+](C)(O)S)CC(F)(F)C3)cc2)cc(C#N)c1OCCCl. The molecule has 0 aliphatic carbocycles. The van der Waals surface area contributed by atoms with Crippen molar-refractivity contribution in [3.8, 4) is 11.8 Å². The lowest BCUT2D eigenvalue weighted by atomic mass is 9.76. The van der Waals surface area contributed by atoms with E-state index < -0.39 is 21.5 Å². The Hall–Kier alpha value is -1.93. The maximum atomic E-state index is 14.4. The molecule has 222 valence electrons. The Morgan fingerprint density at radius 2 is 1.90 bits per heavy atom. The number of piperidine rings is 1. The predicted octanol–water partition coefficient (Wildman–Crippen LogP) is 6.88. The van der Waals surface area contributed by atoms with Gasteiger partial charge in [-0.2, -0.15) is 10.5 Å². The van der Waals surface area contributed by atoms with E-state index in [2.05, 4.69) is 51.1 Å². The molecule has 1 aliphatic heterocycles. The van der Waals surface area contributed by atoms with Gasteiger partial charge in [-0.3, -0.25) is 4.90 Å². The van der Waals surface area contributed by atoms with Crippen LogP contribution in [0.2, 0.25) is 0 Å². The van der Waals surface area contributed by atoms with E-state index >= 15 is 0 Å². The molecular weight excluding hydrogens is 554 g/mol. The van der Waals surface area contributed by atoms with Gasteiger partial charge < -0.3 is 4.74 Å². The van der Waals surface area contributed by atoms with Gasteiger partial charge in [0.1, 0.15) is 38.3 Å². The van der Waals surface area contributed by atoms with Gasteiger partial charge in [-0.1, -0.05) is 75.5 Å². The molecule has 40 heavy (non-hydrogen) atoms. The fraction of sp³-hybridized carbons (Fsp3) is 0.567. The van der Waals surface area contributed by atoms with E-state index in [1.54, 1.807) is 4.90 Å². The van der Waals surface area contributed by atoms with Crippen LogP contribution in [0.25, 0.3) is 0 Å². The van der Waals surface area contributed by atoms with E-state index in [-0.39, 0.29) is 13.0 Å². The highest BCUT2D eigenvalue weighted by Gasteiger charge is 2.42. The van der Waals surface area contributed by atoms with Crippen LogP contribution < -0.4 is 10.2 Å². The molecule has 2 N–H and O–H groups in total. The van der Waals surface area contributed by atoms with Gasteiger partial charge in [0.25, 0.3) is 5.92 Å². The van der Waals surface area contributed by atoms with Crippen molar-refractivity contribution in [2.24, 2.45) is 0 Å². The molecule has 3 rings (SSSR count). The minimum absolute atomic E-state index is 0.337. The number of nitrogens with one attached hydrogen (secondary N) is 1. The lowest BCUT2D eigenvalue weighted by molar-refractivity contribution is -1.01. The van der Waals surface area contributed by atoms with Gasteiger partial charge in [-0.15, -0.1) is 17.0 Å². The number of quaternary nitrogens is 1. The quantitative estimate of drug-likeness (QED) is 0.114. The number of aryl methyl sites for hydroxylation is 1. The number of nitriles is 1. The highest BCUT2D eigenvalue weighted by atomic mass is 35.5. The number of likely N-dealkylation sites (tertiary alicyclic amines) is 1. The number of rotatable bonds is 11. The molecule has 2 aromatic carbocycles. The third kappa shape index (κ3) is 9.57. The standard InChI is InChI=1S/C28H38ClF2N4O2S.C2H6/c1-5-6-21-13-24(14-22(16-32)26(21)37-12-11-29)27(2,3)23-9-7-20(8-10-23)17-34-18-25(33-35(4,36)38)15-28(30,31)19-34;1-2/h7-10,13-14,25,33,36,38H,5-6,11-12,15,17-19H2,1-4H3;1-2H3/q+1;. The van der Waals surface area contributed by atoms with Crippen LogP contribution in [0.3, 0.4) is 0 Å². The lowest BCUT2D eigenvalue weighted by Gasteiger charge is -2.38. The maximum Gasteiger partial charge on any atom is 0.262 e. The predicted molar refractivity (Wildman–Crippen MR) is 160 cm³/mol. The molecule has 1 fully saturated rings. The van der Waals surface area contributed by atoms with E-state index in [1.807, 2.05) is 44.2 Å². The van der Waals surface area contributed by atoms with Crippen molar-refractivity contribution >= 4 is 24.4 Å². The molecule has 2 unspecified atom stereocenters. The van der Waals surface area contributed by atoms with Gasteiger partial charge >= 0.3 is 0 Å². The van der Waals surface area contributed by atoms with Gasteiger partial charge in [0, 0.05) is 24.9 Å². The molecule has 2 atom stereocenters. The number of alkyl halides is 3. The van der Waals surface area contributed by atoms with Crippen LogP contribution in [0.5, 0.6) is 5.75 Å². The van der Waals surface area contributed by atoms with Crippen molar-refractivity contribution < 1.29 is 22.9 Å². The molecule has 0 saturated carbocycles. The molecule has 1 aliphatic rings. The first-order chi connectivity index (χ1) is 18.8. The van der Waals surface area contributed by atoms with Crippen LogP contribution >= 0.6 is 24.4 Å². The Bertz CT molecular complexity index is 1130. The highest BCUT2D eigenvalue weighted by molar-refractivity contribution is 7.74.